The standard InChI is InChI=1S/C19H12N4O2/c1-2-4-13(5-3-1)16-10-23-18(15-7-9-25-12-15)17(14-6-8-24-11-14)21-22-19(23)20-16/h1-12H. The molecule has 0 aliphatic heterocycles. The van der Waals surface area contributed by atoms with Crippen molar-refractivity contribution in [3.05, 3.63) is 73.7 Å². The second-order valence-corrected chi connectivity index (χ2v) is 5.58. The highest BCUT2D eigenvalue weighted by molar-refractivity contribution is 5.79. The van der Waals surface area contributed by atoms with Crippen LogP contribution in [0.1, 0.15) is 0 Å². The lowest BCUT2D eigenvalue weighted by Gasteiger charge is -2.06. The summed E-state index contributed by atoms with van der Waals surface area (Å²) in [6, 6.07) is 13.7. The Hall–Kier alpha value is -3.67. The molecule has 6 nitrogen and oxygen atoms in total. The highest BCUT2D eigenvalue weighted by atomic mass is 16.3. The monoisotopic (exact) mass is 328 g/mol. The van der Waals surface area contributed by atoms with Crippen molar-refractivity contribution in [1.82, 2.24) is 19.6 Å². The minimum Gasteiger partial charge on any atom is -0.472 e. The minimum absolute atomic E-state index is 0.530. The first-order valence-corrected chi connectivity index (χ1v) is 7.76. The average Bonchev–Trinajstić information content (AvgIpc) is 3.42. The molecule has 0 aliphatic carbocycles. The zero-order valence-corrected chi connectivity index (χ0v) is 13.0. The molecule has 120 valence electrons. The molecule has 0 unspecified atom stereocenters. The summed E-state index contributed by atoms with van der Waals surface area (Å²) in [6.45, 7) is 0. The highest BCUT2D eigenvalue weighted by Gasteiger charge is 2.18. The van der Waals surface area contributed by atoms with Gasteiger partial charge in [0.25, 0.3) is 5.78 Å². The van der Waals surface area contributed by atoms with Crippen molar-refractivity contribution in [3.8, 4) is 33.8 Å². The Kier molecular flexibility index (Phi) is 3.00. The summed E-state index contributed by atoms with van der Waals surface area (Å²) < 4.78 is 12.4. The fraction of sp³-hybridized carbons (Fsp3) is 0. The van der Waals surface area contributed by atoms with Crippen molar-refractivity contribution < 1.29 is 8.83 Å². The van der Waals surface area contributed by atoms with Gasteiger partial charge >= 0.3 is 0 Å². The number of benzene rings is 1. The summed E-state index contributed by atoms with van der Waals surface area (Å²) in [6.07, 6.45) is 8.54. The zero-order valence-electron chi connectivity index (χ0n) is 13.0. The summed E-state index contributed by atoms with van der Waals surface area (Å²) in [5, 5.41) is 8.66. The second kappa shape index (κ2) is 5.45. The lowest BCUT2D eigenvalue weighted by atomic mass is 10.1. The van der Waals surface area contributed by atoms with Gasteiger partial charge in [-0.2, -0.15) is 0 Å². The number of fused-ring (bicyclic) bond motifs is 1. The normalized spacial score (nSPS) is 11.2. The van der Waals surface area contributed by atoms with Crippen LogP contribution in [0.25, 0.3) is 39.5 Å². The van der Waals surface area contributed by atoms with E-state index in [2.05, 4.69) is 15.2 Å². The number of aromatic nitrogens is 4. The molecule has 0 N–H and O–H groups in total. The average molecular weight is 328 g/mol. The van der Waals surface area contributed by atoms with Gasteiger partial charge < -0.3 is 8.83 Å². The van der Waals surface area contributed by atoms with E-state index in [-0.39, 0.29) is 0 Å². The molecule has 0 bridgehead atoms. The molecule has 0 saturated carbocycles. The molecule has 0 fully saturated rings. The first-order valence-electron chi connectivity index (χ1n) is 7.76. The number of rotatable bonds is 3. The van der Waals surface area contributed by atoms with Crippen molar-refractivity contribution in [1.29, 1.82) is 0 Å². The van der Waals surface area contributed by atoms with Crippen molar-refractivity contribution >= 4 is 5.78 Å². The fourth-order valence-electron chi connectivity index (χ4n) is 2.88. The van der Waals surface area contributed by atoms with Gasteiger partial charge in [0.05, 0.1) is 36.4 Å². The number of imidazole rings is 1. The fourth-order valence-corrected chi connectivity index (χ4v) is 2.88. The molecule has 5 aromatic rings. The van der Waals surface area contributed by atoms with Crippen LogP contribution in [-0.4, -0.2) is 19.6 Å². The van der Waals surface area contributed by atoms with E-state index in [1.54, 1.807) is 25.1 Å². The smallest absolute Gasteiger partial charge is 0.254 e. The Morgan fingerprint density at radius 2 is 1.52 bits per heavy atom. The van der Waals surface area contributed by atoms with Gasteiger partial charge in [-0.1, -0.05) is 30.3 Å². The summed E-state index contributed by atoms with van der Waals surface area (Å²) in [5.74, 6) is 0.530. The Labute approximate surface area is 142 Å². The molecule has 0 atom stereocenters. The third-order valence-corrected chi connectivity index (χ3v) is 4.05. The van der Waals surface area contributed by atoms with E-state index in [0.29, 0.717) is 11.5 Å². The van der Waals surface area contributed by atoms with Gasteiger partial charge in [-0.25, -0.2) is 4.98 Å². The van der Waals surface area contributed by atoms with Gasteiger partial charge in [0.2, 0.25) is 0 Å². The van der Waals surface area contributed by atoms with Crippen molar-refractivity contribution in [2.24, 2.45) is 0 Å². The van der Waals surface area contributed by atoms with E-state index >= 15 is 0 Å². The maximum atomic E-state index is 5.28. The van der Waals surface area contributed by atoms with E-state index in [0.717, 1.165) is 28.1 Å². The highest BCUT2D eigenvalue weighted by Crippen LogP contribution is 2.32. The van der Waals surface area contributed by atoms with Gasteiger partial charge in [0, 0.05) is 22.9 Å². The molecule has 1 aromatic carbocycles. The van der Waals surface area contributed by atoms with E-state index < -0.39 is 0 Å². The van der Waals surface area contributed by atoms with Crippen molar-refractivity contribution in [2.75, 3.05) is 0 Å². The van der Waals surface area contributed by atoms with Gasteiger partial charge in [0.15, 0.2) is 0 Å². The Bertz CT molecular complexity index is 1130. The van der Waals surface area contributed by atoms with E-state index in [1.807, 2.05) is 53.1 Å². The van der Waals surface area contributed by atoms with Crippen LogP contribution >= 0.6 is 0 Å². The third kappa shape index (κ3) is 2.23. The van der Waals surface area contributed by atoms with Crippen LogP contribution in [0.15, 0.2) is 82.5 Å². The molecule has 6 heteroatoms. The predicted octanol–water partition coefficient (Wildman–Crippen LogP) is 4.31. The lowest BCUT2D eigenvalue weighted by Crippen LogP contribution is -2.00. The predicted molar refractivity (Wildman–Crippen MR) is 91.6 cm³/mol. The molecule has 0 saturated heterocycles. The van der Waals surface area contributed by atoms with E-state index in [4.69, 9.17) is 8.83 Å². The van der Waals surface area contributed by atoms with Crippen LogP contribution in [0.3, 0.4) is 0 Å². The van der Waals surface area contributed by atoms with Crippen LogP contribution in [-0.2, 0) is 0 Å². The number of nitrogens with zero attached hydrogens (tertiary/aromatic N) is 4. The topological polar surface area (TPSA) is 69.4 Å². The lowest BCUT2D eigenvalue weighted by molar-refractivity contribution is 0.567. The molecular weight excluding hydrogens is 316 g/mol. The Morgan fingerprint density at radius 1 is 0.760 bits per heavy atom. The van der Waals surface area contributed by atoms with Gasteiger partial charge in [-0.15, -0.1) is 10.2 Å². The first kappa shape index (κ1) is 13.7. The van der Waals surface area contributed by atoms with Crippen LogP contribution < -0.4 is 0 Å². The molecule has 0 aliphatic rings. The molecule has 0 radical (unpaired) electrons. The van der Waals surface area contributed by atoms with Gasteiger partial charge in [-0.3, -0.25) is 4.40 Å². The minimum atomic E-state index is 0.530. The first-order chi connectivity index (χ1) is 12.4. The summed E-state index contributed by atoms with van der Waals surface area (Å²) in [4.78, 5) is 4.61. The van der Waals surface area contributed by atoms with Gasteiger partial charge in [-0.05, 0) is 12.1 Å². The molecule has 4 heterocycles. The van der Waals surface area contributed by atoms with Crippen molar-refractivity contribution in [2.45, 2.75) is 0 Å². The van der Waals surface area contributed by atoms with Crippen molar-refractivity contribution in [3.63, 3.8) is 0 Å². The molecule has 5 rings (SSSR count). The molecular formula is C19H12N4O2. The third-order valence-electron chi connectivity index (χ3n) is 4.05. The van der Waals surface area contributed by atoms with Gasteiger partial charge in [0.1, 0.15) is 5.69 Å². The van der Waals surface area contributed by atoms with Crippen LogP contribution in [0.2, 0.25) is 0 Å². The largest absolute Gasteiger partial charge is 0.472 e. The SMILES string of the molecule is c1ccc(-c2cn3c(-c4ccoc4)c(-c4ccoc4)nnc3n2)cc1. The summed E-state index contributed by atoms with van der Waals surface area (Å²) in [7, 11) is 0. The quantitative estimate of drug-likeness (QED) is 0.493. The molecule has 4 aromatic heterocycles. The van der Waals surface area contributed by atoms with E-state index in [9.17, 15) is 0 Å². The number of furan rings is 2. The van der Waals surface area contributed by atoms with Crippen LogP contribution in [0.4, 0.5) is 0 Å². The Balaban J connectivity index is 1.81. The van der Waals surface area contributed by atoms with Crippen LogP contribution in [0, 0.1) is 0 Å². The number of hydrogen-bond acceptors (Lipinski definition) is 5. The summed E-state index contributed by atoms with van der Waals surface area (Å²) in [5.41, 5.74) is 5.17. The van der Waals surface area contributed by atoms with Crippen LogP contribution in [0.5, 0.6) is 0 Å². The molecule has 0 amide bonds. The molecule has 0 spiro atoms. The molecule has 25 heavy (non-hydrogen) atoms. The maximum Gasteiger partial charge on any atom is 0.254 e. The van der Waals surface area contributed by atoms with E-state index in [1.165, 1.54) is 0 Å². The summed E-state index contributed by atoms with van der Waals surface area (Å²) >= 11 is 0. The Morgan fingerprint density at radius 3 is 2.24 bits per heavy atom. The maximum absolute atomic E-state index is 5.28. The number of hydrogen-bond donors (Lipinski definition) is 0. The second-order valence-electron chi connectivity index (χ2n) is 5.58. The zero-order chi connectivity index (χ0) is 16.6.